The van der Waals surface area contributed by atoms with Crippen molar-refractivity contribution in [2.24, 2.45) is 0 Å². The first-order chi connectivity index (χ1) is 8.19. The number of hydrogen-bond acceptors (Lipinski definition) is 4. The highest BCUT2D eigenvalue weighted by molar-refractivity contribution is 6.50. The first-order valence-corrected chi connectivity index (χ1v) is 4.10. The fourth-order valence-corrected chi connectivity index (χ4v) is 0.824. The van der Waals surface area contributed by atoms with Crippen molar-refractivity contribution < 1.29 is 22.2 Å². The van der Waals surface area contributed by atoms with E-state index < -0.39 is 12.2 Å². The third kappa shape index (κ3) is 6.02. The summed E-state index contributed by atoms with van der Waals surface area (Å²) < 4.78 is 39.0. The fraction of sp³-hybridized carbons (Fsp3) is 0. The summed E-state index contributed by atoms with van der Waals surface area (Å²) in [6.45, 7) is 0. The quantitative estimate of drug-likeness (QED) is 0.255. The Morgan fingerprint density at radius 3 is 2.17 bits per heavy atom. The van der Waals surface area contributed by atoms with Crippen LogP contribution in [0.5, 0.6) is 0 Å². The van der Waals surface area contributed by atoms with Crippen molar-refractivity contribution in [3.05, 3.63) is 38.9 Å². The maximum absolute atomic E-state index is 10.4. The molecule has 0 radical (unpaired) electrons. The number of nitro benzene ring substituents is 1. The minimum atomic E-state index is -6.00. The molecule has 0 saturated carbocycles. The van der Waals surface area contributed by atoms with Crippen molar-refractivity contribution in [1.29, 1.82) is 10.7 Å². The third-order valence-corrected chi connectivity index (χ3v) is 1.41. The largest absolute Gasteiger partial charge is 0.673 e. The molecular formula is C7H3BF4N4O2. The zero-order valence-electron chi connectivity index (χ0n) is 8.43. The Balaban J connectivity index is 0.000000494. The minimum absolute atomic E-state index is 0.152. The molecule has 0 aliphatic rings. The number of diazo groups is 1. The lowest BCUT2D eigenvalue weighted by atomic mass is 10.2. The van der Waals surface area contributed by atoms with Crippen LogP contribution in [0.4, 0.5) is 28.6 Å². The van der Waals surface area contributed by atoms with Gasteiger partial charge in [-0.3, -0.25) is 10.1 Å². The lowest BCUT2D eigenvalue weighted by molar-refractivity contribution is -0.383. The molecule has 0 saturated heterocycles. The average molecular weight is 262 g/mol. The molecule has 0 fully saturated rings. The van der Waals surface area contributed by atoms with Crippen molar-refractivity contribution >= 4 is 18.6 Å². The molecule has 18 heavy (non-hydrogen) atoms. The molecule has 11 heteroatoms. The molecule has 1 aromatic carbocycles. The topological polar surface area (TPSA) is 95.1 Å². The van der Waals surface area contributed by atoms with E-state index in [9.17, 15) is 27.4 Å². The van der Waals surface area contributed by atoms with Gasteiger partial charge in [0.2, 0.25) is 5.39 Å². The predicted molar refractivity (Wildman–Crippen MR) is 52.7 cm³/mol. The second-order valence-corrected chi connectivity index (χ2v) is 2.67. The van der Waals surface area contributed by atoms with Gasteiger partial charge in [-0.05, 0) is 6.07 Å². The smallest absolute Gasteiger partial charge is 0.418 e. The van der Waals surface area contributed by atoms with Crippen molar-refractivity contribution in [3.8, 4) is 6.07 Å². The number of nitriles is 1. The van der Waals surface area contributed by atoms with E-state index in [1.807, 2.05) is 0 Å². The van der Waals surface area contributed by atoms with Crippen LogP contribution in [-0.2, 0) is 0 Å². The lowest BCUT2D eigenvalue weighted by Crippen LogP contribution is -2.02. The number of hydrogen-bond donors (Lipinski definition) is 0. The second-order valence-electron chi connectivity index (χ2n) is 2.67. The lowest BCUT2D eigenvalue weighted by Gasteiger charge is -1.94. The zero-order valence-corrected chi connectivity index (χ0v) is 8.43. The Morgan fingerprint density at radius 1 is 1.33 bits per heavy atom. The van der Waals surface area contributed by atoms with Gasteiger partial charge in [-0.15, -0.1) is 0 Å². The highest BCUT2D eigenvalue weighted by atomic mass is 19.5. The monoisotopic (exact) mass is 262 g/mol. The molecule has 0 bridgehead atoms. The van der Waals surface area contributed by atoms with Gasteiger partial charge in [-0.1, -0.05) is 0 Å². The van der Waals surface area contributed by atoms with E-state index >= 15 is 0 Å². The van der Waals surface area contributed by atoms with Crippen LogP contribution >= 0.6 is 0 Å². The predicted octanol–water partition coefficient (Wildman–Crippen LogP) is 3.25. The fourth-order valence-electron chi connectivity index (χ4n) is 0.824. The van der Waals surface area contributed by atoms with Crippen molar-refractivity contribution in [2.75, 3.05) is 0 Å². The van der Waals surface area contributed by atoms with Crippen LogP contribution in [0.3, 0.4) is 0 Å². The van der Waals surface area contributed by atoms with Crippen molar-refractivity contribution in [3.63, 3.8) is 0 Å². The van der Waals surface area contributed by atoms with E-state index in [0.717, 1.165) is 6.07 Å². The van der Waals surface area contributed by atoms with Gasteiger partial charge in [0, 0.05) is 12.1 Å². The molecule has 6 nitrogen and oxygen atoms in total. The summed E-state index contributed by atoms with van der Waals surface area (Å²) >= 11 is 0. The van der Waals surface area contributed by atoms with E-state index in [1.54, 1.807) is 6.07 Å². The van der Waals surface area contributed by atoms with Gasteiger partial charge < -0.3 is 17.3 Å². The van der Waals surface area contributed by atoms with E-state index in [4.69, 9.17) is 10.7 Å². The van der Waals surface area contributed by atoms with Gasteiger partial charge in [-0.2, -0.15) is 5.26 Å². The van der Waals surface area contributed by atoms with E-state index in [-0.39, 0.29) is 16.9 Å². The molecule has 94 valence electrons. The number of benzene rings is 1. The Kier molecular flexibility index (Phi) is 5.23. The summed E-state index contributed by atoms with van der Waals surface area (Å²) in [6, 6.07) is 5.34. The first-order valence-electron chi connectivity index (χ1n) is 4.10. The van der Waals surface area contributed by atoms with E-state index in [0.29, 0.717) is 0 Å². The Morgan fingerprint density at radius 2 is 1.83 bits per heavy atom. The second kappa shape index (κ2) is 6.15. The zero-order chi connectivity index (χ0) is 14.3. The molecule has 1 rings (SSSR count). The molecule has 0 amide bonds. The SMILES string of the molecule is F[B-](F)(F)F.N#Cc1ccc([N+]#N)c([N+](=O)[O-])c1. The minimum Gasteiger partial charge on any atom is -0.418 e. The van der Waals surface area contributed by atoms with Gasteiger partial charge in [-0.25, -0.2) is 0 Å². The molecule has 0 atom stereocenters. The molecule has 0 unspecified atom stereocenters. The molecule has 0 heterocycles. The number of rotatable bonds is 1. The van der Waals surface area contributed by atoms with Crippen LogP contribution in [-0.4, -0.2) is 12.2 Å². The summed E-state index contributed by atoms with van der Waals surface area (Å²) in [6.07, 6.45) is 0. The summed E-state index contributed by atoms with van der Waals surface area (Å²) in [5, 5.41) is 27.2. The summed E-state index contributed by atoms with van der Waals surface area (Å²) in [5.41, 5.74) is -0.398. The third-order valence-electron chi connectivity index (χ3n) is 1.41. The number of halogens is 4. The van der Waals surface area contributed by atoms with Crippen molar-refractivity contribution in [1.82, 2.24) is 0 Å². The molecule has 0 N–H and O–H groups in total. The Labute approximate surface area is 97.3 Å². The van der Waals surface area contributed by atoms with Crippen LogP contribution in [0.2, 0.25) is 0 Å². The van der Waals surface area contributed by atoms with Gasteiger partial charge in [0.15, 0.2) is 4.98 Å². The number of nitro groups is 1. The molecule has 0 aliphatic carbocycles. The van der Waals surface area contributed by atoms with Crippen LogP contribution in [0, 0.1) is 26.8 Å². The molecule has 1 aromatic rings. The average Bonchev–Trinajstić information content (AvgIpc) is 2.25. The summed E-state index contributed by atoms with van der Waals surface area (Å²) in [5.74, 6) is 0. The van der Waals surface area contributed by atoms with Crippen LogP contribution in [0.25, 0.3) is 4.98 Å². The van der Waals surface area contributed by atoms with Gasteiger partial charge in [0.1, 0.15) is 0 Å². The maximum Gasteiger partial charge on any atom is 0.673 e. The molecule has 0 aliphatic heterocycles. The standard InChI is InChI=1S/C7H3N4O2.BF4/c8-4-5-1-2-6(10-9)7(3-5)11(12)13;2-1(3,4)5/h1-3H;/q+1;-1. The van der Waals surface area contributed by atoms with Gasteiger partial charge >= 0.3 is 18.6 Å². The normalized spacial score (nSPS) is 9.44. The summed E-state index contributed by atoms with van der Waals surface area (Å²) in [7, 11) is -6.00. The van der Waals surface area contributed by atoms with E-state index in [2.05, 4.69) is 4.98 Å². The highest BCUT2D eigenvalue weighted by Crippen LogP contribution is 2.27. The summed E-state index contributed by atoms with van der Waals surface area (Å²) in [4.78, 5) is 12.4. The van der Waals surface area contributed by atoms with E-state index in [1.165, 1.54) is 12.1 Å². The Bertz CT molecular complexity index is 528. The van der Waals surface area contributed by atoms with Crippen LogP contribution in [0.15, 0.2) is 18.2 Å². The molecule has 0 spiro atoms. The number of nitrogens with zero attached hydrogens (tertiary/aromatic N) is 4. The van der Waals surface area contributed by atoms with Crippen LogP contribution in [0.1, 0.15) is 5.56 Å². The molecular weight excluding hydrogens is 259 g/mol. The van der Waals surface area contributed by atoms with Crippen LogP contribution < -0.4 is 0 Å². The Hall–Kier alpha value is -2.69. The molecule has 0 aromatic heterocycles. The van der Waals surface area contributed by atoms with Gasteiger partial charge in [0.25, 0.3) is 0 Å². The first kappa shape index (κ1) is 15.3. The van der Waals surface area contributed by atoms with Crippen molar-refractivity contribution in [2.45, 2.75) is 0 Å². The van der Waals surface area contributed by atoms with Gasteiger partial charge in [0.05, 0.1) is 16.6 Å². The highest BCUT2D eigenvalue weighted by Gasteiger charge is 2.24. The maximum atomic E-state index is 10.4.